The molecule has 23 heavy (non-hydrogen) atoms. The number of nitrogens with zero attached hydrogens (tertiary/aromatic N) is 1. The Balaban J connectivity index is 2.48. The monoisotopic (exact) mass is 325 g/mol. The Kier molecular flexibility index (Phi) is 8.52. The Morgan fingerprint density at radius 3 is 2.22 bits per heavy atom. The van der Waals surface area contributed by atoms with E-state index in [1.165, 1.54) is 19.1 Å². The molecule has 7 heteroatoms. The smallest absolute Gasteiger partial charge is 0.307 e. The molecule has 0 aliphatic carbocycles. The molecular weight excluding hydrogens is 302 g/mol. The molecule has 7 nitrogen and oxygen atoms in total. The van der Waals surface area contributed by atoms with Crippen molar-refractivity contribution >= 4 is 11.9 Å². The predicted molar refractivity (Wildman–Crippen MR) is 83.6 cm³/mol. The van der Waals surface area contributed by atoms with Crippen molar-refractivity contribution in [2.45, 2.75) is 6.42 Å². The van der Waals surface area contributed by atoms with Crippen molar-refractivity contribution in [3.63, 3.8) is 0 Å². The highest BCUT2D eigenvalue weighted by molar-refractivity contribution is 5.78. The Morgan fingerprint density at radius 1 is 1.00 bits per heavy atom. The molecule has 0 unspecified atom stereocenters. The van der Waals surface area contributed by atoms with Crippen molar-refractivity contribution in [1.82, 2.24) is 4.90 Å². The number of hydrogen-bond donors (Lipinski definition) is 0. The first-order valence-electron chi connectivity index (χ1n) is 7.21. The molecule has 0 saturated heterocycles. The summed E-state index contributed by atoms with van der Waals surface area (Å²) >= 11 is 0. The average Bonchev–Trinajstić information content (AvgIpc) is 2.58. The molecule has 0 heterocycles. The number of benzene rings is 1. The molecule has 0 bridgehead atoms. The molecular formula is C16H23NO6. The van der Waals surface area contributed by atoms with Gasteiger partial charge in [0.1, 0.15) is 24.7 Å². The Labute approximate surface area is 136 Å². The molecule has 1 rings (SSSR count). The van der Waals surface area contributed by atoms with Gasteiger partial charge in [-0.05, 0) is 24.3 Å². The van der Waals surface area contributed by atoms with Gasteiger partial charge in [-0.3, -0.25) is 9.59 Å². The van der Waals surface area contributed by atoms with E-state index in [0.29, 0.717) is 18.9 Å². The molecule has 0 saturated carbocycles. The number of ether oxygens (including phenoxy) is 4. The van der Waals surface area contributed by atoms with Gasteiger partial charge in [0.25, 0.3) is 0 Å². The first-order chi connectivity index (χ1) is 11.1. The first kappa shape index (κ1) is 18.8. The minimum atomic E-state index is -0.365. The van der Waals surface area contributed by atoms with E-state index in [1.54, 1.807) is 31.4 Å². The van der Waals surface area contributed by atoms with Crippen LogP contribution in [-0.4, -0.2) is 64.4 Å². The van der Waals surface area contributed by atoms with Crippen LogP contribution in [0.5, 0.6) is 11.5 Å². The lowest BCUT2D eigenvalue weighted by Gasteiger charge is -2.22. The lowest BCUT2D eigenvalue weighted by molar-refractivity contribution is -0.142. The standard InChI is InChI=1S/C16H23NO6/c1-20-12-15(18)17(9-8-16(19)22-3)10-11-23-14-6-4-13(21-2)5-7-14/h4-7H,8-12H2,1-3H3. The van der Waals surface area contributed by atoms with Gasteiger partial charge in [-0.1, -0.05) is 0 Å². The van der Waals surface area contributed by atoms with Gasteiger partial charge in [0.05, 0.1) is 27.2 Å². The Hall–Kier alpha value is -2.28. The maximum absolute atomic E-state index is 11.9. The van der Waals surface area contributed by atoms with Gasteiger partial charge >= 0.3 is 5.97 Å². The summed E-state index contributed by atoms with van der Waals surface area (Å²) < 4.78 is 20.1. The van der Waals surface area contributed by atoms with Gasteiger partial charge in [0, 0.05) is 13.7 Å². The maximum atomic E-state index is 11.9. The van der Waals surface area contributed by atoms with Crippen molar-refractivity contribution in [2.75, 3.05) is 47.6 Å². The van der Waals surface area contributed by atoms with Gasteiger partial charge in [-0.2, -0.15) is 0 Å². The molecule has 0 radical (unpaired) electrons. The SMILES string of the molecule is COCC(=O)N(CCOc1ccc(OC)cc1)CCC(=O)OC. The fraction of sp³-hybridized carbons (Fsp3) is 0.500. The number of esters is 1. The molecule has 0 aromatic heterocycles. The van der Waals surface area contributed by atoms with Crippen LogP contribution < -0.4 is 9.47 Å². The van der Waals surface area contributed by atoms with Crippen molar-refractivity contribution < 1.29 is 28.5 Å². The summed E-state index contributed by atoms with van der Waals surface area (Å²) in [4.78, 5) is 24.7. The number of hydrogen-bond acceptors (Lipinski definition) is 6. The van der Waals surface area contributed by atoms with Gasteiger partial charge < -0.3 is 23.8 Å². The second-order valence-corrected chi connectivity index (χ2v) is 4.66. The quantitative estimate of drug-likeness (QED) is 0.600. The topological polar surface area (TPSA) is 74.3 Å². The van der Waals surface area contributed by atoms with Crippen LogP contribution in [0.2, 0.25) is 0 Å². The van der Waals surface area contributed by atoms with E-state index < -0.39 is 0 Å². The van der Waals surface area contributed by atoms with E-state index in [0.717, 1.165) is 5.75 Å². The van der Waals surface area contributed by atoms with Gasteiger partial charge in [-0.15, -0.1) is 0 Å². The summed E-state index contributed by atoms with van der Waals surface area (Å²) in [5, 5.41) is 0. The van der Waals surface area contributed by atoms with Crippen molar-refractivity contribution in [3.8, 4) is 11.5 Å². The molecule has 1 aromatic carbocycles. The fourth-order valence-corrected chi connectivity index (χ4v) is 1.85. The van der Waals surface area contributed by atoms with Crippen molar-refractivity contribution in [2.24, 2.45) is 0 Å². The highest BCUT2D eigenvalue weighted by Crippen LogP contribution is 2.16. The first-order valence-corrected chi connectivity index (χ1v) is 7.21. The molecule has 1 aromatic rings. The van der Waals surface area contributed by atoms with E-state index in [9.17, 15) is 9.59 Å². The van der Waals surface area contributed by atoms with E-state index in [4.69, 9.17) is 14.2 Å². The molecule has 128 valence electrons. The molecule has 0 N–H and O–H groups in total. The van der Waals surface area contributed by atoms with Crippen LogP contribution in [-0.2, 0) is 19.1 Å². The van der Waals surface area contributed by atoms with E-state index in [1.807, 2.05) is 0 Å². The van der Waals surface area contributed by atoms with Crippen LogP contribution in [0.15, 0.2) is 24.3 Å². The van der Waals surface area contributed by atoms with Gasteiger partial charge in [-0.25, -0.2) is 0 Å². The third-order valence-electron chi connectivity index (χ3n) is 3.12. The lowest BCUT2D eigenvalue weighted by Crippen LogP contribution is -2.38. The minimum absolute atomic E-state index is 0.0380. The van der Waals surface area contributed by atoms with Crippen molar-refractivity contribution in [3.05, 3.63) is 24.3 Å². The second kappa shape index (κ2) is 10.4. The van der Waals surface area contributed by atoms with E-state index in [-0.39, 0.29) is 31.4 Å². The molecule has 0 atom stereocenters. The number of amides is 1. The summed E-state index contributed by atoms with van der Waals surface area (Å²) in [6, 6.07) is 7.16. The number of carbonyl (C=O) groups excluding carboxylic acids is 2. The van der Waals surface area contributed by atoms with Gasteiger partial charge in [0.2, 0.25) is 5.91 Å². The summed E-state index contributed by atoms with van der Waals surface area (Å²) in [6.45, 7) is 0.888. The third kappa shape index (κ3) is 7.01. The third-order valence-corrected chi connectivity index (χ3v) is 3.12. The zero-order valence-electron chi connectivity index (χ0n) is 13.7. The fourth-order valence-electron chi connectivity index (χ4n) is 1.85. The maximum Gasteiger partial charge on any atom is 0.307 e. The zero-order valence-corrected chi connectivity index (χ0v) is 13.7. The number of methoxy groups -OCH3 is 3. The molecule has 0 fully saturated rings. The van der Waals surface area contributed by atoms with Crippen LogP contribution in [0.1, 0.15) is 6.42 Å². The van der Waals surface area contributed by atoms with Crippen LogP contribution in [0.25, 0.3) is 0 Å². The zero-order chi connectivity index (χ0) is 17.1. The predicted octanol–water partition coefficient (Wildman–Crippen LogP) is 1.11. The molecule has 0 aliphatic rings. The van der Waals surface area contributed by atoms with Crippen LogP contribution in [0.4, 0.5) is 0 Å². The summed E-state index contributed by atoms with van der Waals surface area (Å²) in [6.07, 6.45) is 0.133. The highest BCUT2D eigenvalue weighted by Gasteiger charge is 2.15. The minimum Gasteiger partial charge on any atom is -0.497 e. The molecule has 0 spiro atoms. The summed E-state index contributed by atoms with van der Waals surface area (Å²) in [5.41, 5.74) is 0. The lowest BCUT2D eigenvalue weighted by atomic mass is 10.3. The Bertz CT molecular complexity index is 488. The summed E-state index contributed by atoms with van der Waals surface area (Å²) in [7, 11) is 4.36. The largest absolute Gasteiger partial charge is 0.497 e. The van der Waals surface area contributed by atoms with Crippen LogP contribution in [0.3, 0.4) is 0 Å². The second-order valence-electron chi connectivity index (χ2n) is 4.66. The normalized spacial score (nSPS) is 10.0. The summed E-state index contributed by atoms with van der Waals surface area (Å²) in [5.74, 6) is 0.858. The van der Waals surface area contributed by atoms with Crippen LogP contribution >= 0.6 is 0 Å². The highest BCUT2D eigenvalue weighted by atomic mass is 16.5. The number of rotatable bonds is 10. The van der Waals surface area contributed by atoms with Crippen LogP contribution in [0, 0.1) is 0 Å². The van der Waals surface area contributed by atoms with Crippen molar-refractivity contribution in [1.29, 1.82) is 0 Å². The van der Waals surface area contributed by atoms with E-state index >= 15 is 0 Å². The Morgan fingerprint density at radius 2 is 1.65 bits per heavy atom. The average molecular weight is 325 g/mol. The van der Waals surface area contributed by atoms with E-state index in [2.05, 4.69) is 4.74 Å². The number of carbonyl (C=O) groups is 2. The molecule has 1 amide bonds. The van der Waals surface area contributed by atoms with Gasteiger partial charge in [0.15, 0.2) is 0 Å². The molecule has 0 aliphatic heterocycles.